The van der Waals surface area contributed by atoms with E-state index in [-0.39, 0.29) is 0 Å². The first-order valence-corrected chi connectivity index (χ1v) is 6.74. The molecular weight excluding hydrogens is 272 g/mol. The molecule has 0 saturated carbocycles. The molecule has 2 rings (SSSR count). The fraction of sp³-hybridized carbons (Fsp3) is 0.267. The normalized spacial score (nSPS) is 10.2. The van der Waals surface area contributed by atoms with Gasteiger partial charge in [-0.25, -0.2) is 9.97 Å². The lowest BCUT2D eigenvalue weighted by molar-refractivity contribution is 0.934. The monoisotopic (exact) mass is 286 g/mol. The molecule has 0 bridgehead atoms. The molecule has 1 N–H and O–H groups in total. The Morgan fingerprint density at radius 2 is 2.05 bits per heavy atom. The number of aromatic nitrogens is 2. The maximum atomic E-state index is 9.25. The molecule has 20 heavy (non-hydrogen) atoms. The lowest BCUT2D eigenvalue weighted by Crippen LogP contribution is -2.04. The van der Waals surface area contributed by atoms with Crippen molar-refractivity contribution in [1.82, 2.24) is 9.97 Å². The lowest BCUT2D eigenvalue weighted by Gasteiger charge is -2.13. The van der Waals surface area contributed by atoms with Crippen LogP contribution in [0, 0.1) is 25.2 Å². The van der Waals surface area contributed by atoms with Crippen LogP contribution >= 0.6 is 11.6 Å². The smallest absolute Gasteiger partial charge is 0.138 e. The van der Waals surface area contributed by atoms with Crippen molar-refractivity contribution in [3.8, 4) is 6.07 Å². The molecular formula is C15H15ClN4. The number of hydrogen-bond donors (Lipinski definition) is 1. The summed E-state index contributed by atoms with van der Waals surface area (Å²) in [6.45, 7) is 5.73. The van der Waals surface area contributed by atoms with Crippen molar-refractivity contribution in [2.24, 2.45) is 0 Å². The van der Waals surface area contributed by atoms with Crippen LogP contribution in [0.4, 0.5) is 11.5 Å². The molecule has 0 aliphatic rings. The second-order valence-electron chi connectivity index (χ2n) is 4.49. The standard InChI is InChI=1S/C15H15ClN4/c1-4-13-19-14(16)10(3)15(20-13)18-12-7-5-6-9(2)11(12)8-17/h5-7H,4H2,1-3H3,(H,18,19,20). The molecule has 0 fully saturated rings. The van der Waals surface area contributed by atoms with Crippen LogP contribution in [0.3, 0.4) is 0 Å². The SMILES string of the molecule is CCc1nc(Cl)c(C)c(Nc2cccc(C)c2C#N)n1. The maximum absolute atomic E-state index is 9.25. The highest BCUT2D eigenvalue weighted by molar-refractivity contribution is 6.30. The van der Waals surface area contributed by atoms with Crippen molar-refractivity contribution >= 4 is 23.1 Å². The summed E-state index contributed by atoms with van der Waals surface area (Å²) in [6.07, 6.45) is 0.702. The Morgan fingerprint density at radius 3 is 2.70 bits per heavy atom. The van der Waals surface area contributed by atoms with Gasteiger partial charge in [-0.2, -0.15) is 5.26 Å². The number of halogens is 1. The second-order valence-corrected chi connectivity index (χ2v) is 4.85. The van der Waals surface area contributed by atoms with Gasteiger partial charge in [-0.15, -0.1) is 0 Å². The highest BCUT2D eigenvalue weighted by Gasteiger charge is 2.11. The zero-order chi connectivity index (χ0) is 14.7. The first-order chi connectivity index (χ1) is 9.56. The van der Waals surface area contributed by atoms with E-state index in [2.05, 4.69) is 21.4 Å². The highest BCUT2D eigenvalue weighted by Crippen LogP contribution is 2.26. The number of nitrogens with one attached hydrogen (secondary N) is 1. The lowest BCUT2D eigenvalue weighted by atomic mass is 10.1. The van der Waals surface area contributed by atoms with Crippen molar-refractivity contribution in [3.05, 3.63) is 45.9 Å². The van der Waals surface area contributed by atoms with Gasteiger partial charge in [0.1, 0.15) is 22.9 Å². The quantitative estimate of drug-likeness (QED) is 0.869. The number of aryl methyl sites for hydroxylation is 2. The topological polar surface area (TPSA) is 61.6 Å². The summed E-state index contributed by atoms with van der Waals surface area (Å²) in [5.74, 6) is 1.32. The van der Waals surface area contributed by atoms with Crippen LogP contribution in [-0.2, 0) is 6.42 Å². The molecule has 0 saturated heterocycles. The number of anilines is 2. The molecule has 0 spiro atoms. The molecule has 0 unspecified atom stereocenters. The van der Waals surface area contributed by atoms with Gasteiger partial charge in [0, 0.05) is 12.0 Å². The largest absolute Gasteiger partial charge is 0.339 e. The van der Waals surface area contributed by atoms with Crippen molar-refractivity contribution < 1.29 is 0 Å². The van der Waals surface area contributed by atoms with E-state index in [1.54, 1.807) is 0 Å². The van der Waals surface area contributed by atoms with Gasteiger partial charge in [0.05, 0.1) is 11.3 Å². The average molecular weight is 287 g/mol. The van der Waals surface area contributed by atoms with E-state index in [0.717, 1.165) is 16.8 Å². The van der Waals surface area contributed by atoms with Crippen molar-refractivity contribution in [2.45, 2.75) is 27.2 Å². The Morgan fingerprint density at radius 1 is 1.30 bits per heavy atom. The molecule has 0 aliphatic heterocycles. The maximum Gasteiger partial charge on any atom is 0.138 e. The van der Waals surface area contributed by atoms with Crippen LogP contribution in [0.15, 0.2) is 18.2 Å². The zero-order valence-electron chi connectivity index (χ0n) is 11.7. The Hall–Kier alpha value is -2.12. The summed E-state index contributed by atoms with van der Waals surface area (Å²) >= 11 is 6.11. The Labute approximate surface area is 123 Å². The predicted octanol–water partition coefficient (Wildman–Crippen LogP) is 3.92. The van der Waals surface area contributed by atoms with Gasteiger partial charge in [-0.3, -0.25) is 0 Å². The summed E-state index contributed by atoms with van der Waals surface area (Å²) in [5, 5.41) is 12.9. The van der Waals surface area contributed by atoms with E-state index in [1.165, 1.54) is 0 Å². The average Bonchev–Trinajstić information content (AvgIpc) is 2.43. The first kappa shape index (κ1) is 14.3. The van der Waals surface area contributed by atoms with Crippen LogP contribution < -0.4 is 5.32 Å². The Kier molecular flexibility index (Phi) is 4.21. The van der Waals surface area contributed by atoms with E-state index in [9.17, 15) is 5.26 Å². The molecule has 2 aromatic rings. The molecule has 0 radical (unpaired) electrons. The number of hydrogen-bond acceptors (Lipinski definition) is 4. The van der Waals surface area contributed by atoms with E-state index < -0.39 is 0 Å². The molecule has 1 aromatic heterocycles. The molecule has 0 amide bonds. The fourth-order valence-electron chi connectivity index (χ4n) is 1.86. The van der Waals surface area contributed by atoms with E-state index in [0.29, 0.717) is 28.8 Å². The van der Waals surface area contributed by atoms with Crippen LogP contribution in [0.5, 0.6) is 0 Å². The van der Waals surface area contributed by atoms with Gasteiger partial charge >= 0.3 is 0 Å². The number of benzene rings is 1. The van der Waals surface area contributed by atoms with Crippen molar-refractivity contribution in [2.75, 3.05) is 5.32 Å². The third-order valence-electron chi connectivity index (χ3n) is 3.09. The van der Waals surface area contributed by atoms with Crippen LogP contribution in [-0.4, -0.2) is 9.97 Å². The molecule has 0 aliphatic carbocycles. The second kappa shape index (κ2) is 5.89. The van der Waals surface area contributed by atoms with Crippen LogP contribution in [0.1, 0.15) is 29.4 Å². The molecule has 1 heterocycles. The van der Waals surface area contributed by atoms with Gasteiger partial charge in [0.15, 0.2) is 0 Å². The Bertz CT molecular complexity index is 689. The van der Waals surface area contributed by atoms with Gasteiger partial charge in [-0.1, -0.05) is 30.7 Å². The van der Waals surface area contributed by atoms with Crippen molar-refractivity contribution in [3.63, 3.8) is 0 Å². The van der Waals surface area contributed by atoms with Crippen molar-refractivity contribution in [1.29, 1.82) is 5.26 Å². The summed E-state index contributed by atoms with van der Waals surface area (Å²) in [5.41, 5.74) is 3.03. The van der Waals surface area contributed by atoms with Gasteiger partial charge in [0.25, 0.3) is 0 Å². The Balaban J connectivity index is 2.48. The number of nitrogens with zero attached hydrogens (tertiary/aromatic N) is 3. The van der Waals surface area contributed by atoms with Crippen LogP contribution in [0.2, 0.25) is 5.15 Å². The predicted molar refractivity (Wildman–Crippen MR) is 80.3 cm³/mol. The third kappa shape index (κ3) is 2.73. The summed E-state index contributed by atoms with van der Waals surface area (Å²) in [7, 11) is 0. The third-order valence-corrected chi connectivity index (χ3v) is 3.45. The minimum atomic E-state index is 0.436. The fourth-order valence-corrected chi connectivity index (χ4v) is 2.05. The molecule has 5 heteroatoms. The highest BCUT2D eigenvalue weighted by atomic mass is 35.5. The summed E-state index contributed by atoms with van der Waals surface area (Å²) < 4.78 is 0. The van der Waals surface area contributed by atoms with Gasteiger partial charge in [0.2, 0.25) is 0 Å². The molecule has 1 aromatic carbocycles. The van der Waals surface area contributed by atoms with Gasteiger partial charge < -0.3 is 5.32 Å². The van der Waals surface area contributed by atoms with Crippen LogP contribution in [0.25, 0.3) is 0 Å². The van der Waals surface area contributed by atoms with Gasteiger partial charge in [-0.05, 0) is 25.5 Å². The minimum Gasteiger partial charge on any atom is -0.339 e. The summed E-state index contributed by atoms with van der Waals surface area (Å²) in [4.78, 5) is 8.64. The number of nitriles is 1. The van der Waals surface area contributed by atoms with E-state index in [1.807, 2.05) is 39.0 Å². The van der Waals surface area contributed by atoms with E-state index >= 15 is 0 Å². The molecule has 102 valence electrons. The zero-order valence-corrected chi connectivity index (χ0v) is 12.4. The molecule has 0 atom stereocenters. The first-order valence-electron chi connectivity index (χ1n) is 6.36. The number of rotatable bonds is 3. The molecule has 4 nitrogen and oxygen atoms in total. The minimum absolute atomic E-state index is 0.436. The summed E-state index contributed by atoms with van der Waals surface area (Å²) in [6, 6.07) is 7.87. The van der Waals surface area contributed by atoms with E-state index in [4.69, 9.17) is 11.6 Å².